The summed E-state index contributed by atoms with van der Waals surface area (Å²) >= 11 is 0. The minimum Gasteiger partial charge on any atom is -0.207 e. The van der Waals surface area contributed by atoms with Crippen LogP contribution in [-0.2, 0) is 9.05 Å². The quantitative estimate of drug-likeness (QED) is 0.760. The van der Waals surface area contributed by atoms with Gasteiger partial charge in [0.1, 0.15) is 0 Å². The van der Waals surface area contributed by atoms with Gasteiger partial charge in [-0.3, -0.25) is 0 Å². The third-order valence-electron chi connectivity index (χ3n) is 1.83. The molecule has 0 fully saturated rings. The van der Waals surface area contributed by atoms with Crippen molar-refractivity contribution in [2.45, 2.75) is 24.7 Å². The van der Waals surface area contributed by atoms with E-state index in [-0.39, 0.29) is 17.3 Å². The summed E-state index contributed by atoms with van der Waals surface area (Å²) in [5, 5.41) is 0. The molecule has 0 aliphatic heterocycles. The maximum absolute atomic E-state index is 10.9. The summed E-state index contributed by atoms with van der Waals surface area (Å²) in [5.74, 6) is 0.395. The highest BCUT2D eigenvalue weighted by Gasteiger charge is 2.09. The SMILES string of the molecule is CC(C)c1ccc(S(=O)(=O)Cl)cc1.Cl. The molecular formula is C9H12Cl2O2S. The molecule has 1 aromatic rings. The Kier molecular flexibility index (Phi) is 4.92. The normalized spacial score (nSPS) is 11.1. The Labute approximate surface area is 95.1 Å². The first-order valence-electron chi connectivity index (χ1n) is 3.96. The number of halogens is 2. The lowest BCUT2D eigenvalue weighted by Gasteiger charge is -2.04. The fourth-order valence-electron chi connectivity index (χ4n) is 1.02. The second kappa shape index (κ2) is 5.01. The van der Waals surface area contributed by atoms with Gasteiger partial charge in [-0.2, -0.15) is 0 Å². The van der Waals surface area contributed by atoms with Crippen molar-refractivity contribution in [3.05, 3.63) is 29.8 Å². The average Bonchev–Trinajstić information content (AvgIpc) is 2.03. The topological polar surface area (TPSA) is 34.1 Å². The molecule has 2 nitrogen and oxygen atoms in total. The fraction of sp³-hybridized carbons (Fsp3) is 0.333. The Bertz CT molecular complexity index is 382. The van der Waals surface area contributed by atoms with E-state index >= 15 is 0 Å². The Morgan fingerprint density at radius 2 is 1.57 bits per heavy atom. The van der Waals surface area contributed by atoms with Crippen molar-refractivity contribution < 1.29 is 8.42 Å². The maximum atomic E-state index is 10.9. The van der Waals surface area contributed by atoms with E-state index in [1.807, 2.05) is 13.8 Å². The lowest BCUT2D eigenvalue weighted by molar-refractivity contribution is 0.609. The van der Waals surface area contributed by atoms with Crippen molar-refractivity contribution in [1.29, 1.82) is 0 Å². The van der Waals surface area contributed by atoms with E-state index in [1.54, 1.807) is 12.1 Å². The molecule has 0 heterocycles. The van der Waals surface area contributed by atoms with E-state index in [2.05, 4.69) is 0 Å². The third kappa shape index (κ3) is 3.48. The Balaban J connectivity index is 0.00000169. The van der Waals surface area contributed by atoms with Gasteiger partial charge in [-0.15, -0.1) is 12.4 Å². The van der Waals surface area contributed by atoms with Crippen molar-refractivity contribution in [3.8, 4) is 0 Å². The van der Waals surface area contributed by atoms with Crippen LogP contribution in [0.25, 0.3) is 0 Å². The van der Waals surface area contributed by atoms with Crippen LogP contribution in [0.15, 0.2) is 29.2 Å². The minimum atomic E-state index is -3.57. The van der Waals surface area contributed by atoms with Gasteiger partial charge in [0, 0.05) is 10.7 Å². The monoisotopic (exact) mass is 254 g/mol. The predicted octanol–water partition coefficient (Wildman–Crippen LogP) is 3.16. The zero-order valence-corrected chi connectivity index (χ0v) is 10.3. The molecule has 0 aliphatic rings. The predicted molar refractivity (Wildman–Crippen MR) is 60.8 cm³/mol. The number of benzene rings is 1. The van der Waals surface area contributed by atoms with Gasteiger partial charge in [0.05, 0.1) is 4.90 Å². The highest BCUT2D eigenvalue weighted by molar-refractivity contribution is 8.13. The zero-order chi connectivity index (χ0) is 10.1. The molecule has 0 bridgehead atoms. The Morgan fingerprint density at radius 3 is 1.86 bits per heavy atom. The van der Waals surface area contributed by atoms with E-state index in [0.717, 1.165) is 5.56 Å². The highest BCUT2D eigenvalue weighted by Crippen LogP contribution is 2.19. The number of hydrogen-bond acceptors (Lipinski definition) is 2. The first-order chi connectivity index (χ1) is 5.91. The second-order valence-corrected chi connectivity index (χ2v) is 5.73. The molecule has 0 amide bonds. The van der Waals surface area contributed by atoms with Gasteiger partial charge in [-0.25, -0.2) is 8.42 Å². The molecular weight excluding hydrogens is 243 g/mol. The average molecular weight is 255 g/mol. The van der Waals surface area contributed by atoms with Crippen LogP contribution in [0, 0.1) is 0 Å². The molecule has 0 saturated carbocycles. The summed E-state index contributed by atoms with van der Waals surface area (Å²) in [5.41, 5.74) is 1.10. The van der Waals surface area contributed by atoms with Gasteiger partial charge in [-0.1, -0.05) is 26.0 Å². The largest absolute Gasteiger partial charge is 0.261 e. The summed E-state index contributed by atoms with van der Waals surface area (Å²) in [7, 11) is 1.59. The van der Waals surface area contributed by atoms with E-state index in [1.165, 1.54) is 12.1 Å². The van der Waals surface area contributed by atoms with Crippen LogP contribution in [0.2, 0.25) is 0 Å². The van der Waals surface area contributed by atoms with Crippen molar-refractivity contribution in [1.82, 2.24) is 0 Å². The van der Waals surface area contributed by atoms with Gasteiger partial charge >= 0.3 is 0 Å². The van der Waals surface area contributed by atoms with Crippen molar-refractivity contribution in [2.75, 3.05) is 0 Å². The van der Waals surface area contributed by atoms with E-state index in [4.69, 9.17) is 10.7 Å². The first-order valence-corrected chi connectivity index (χ1v) is 6.27. The Hall–Kier alpha value is -0.250. The van der Waals surface area contributed by atoms with E-state index in [0.29, 0.717) is 5.92 Å². The smallest absolute Gasteiger partial charge is 0.207 e. The highest BCUT2D eigenvalue weighted by atomic mass is 35.7. The van der Waals surface area contributed by atoms with Crippen LogP contribution in [-0.4, -0.2) is 8.42 Å². The van der Waals surface area contributed by atoms with Gasteiger partial charge in [0.15, 0.2) is 0 Å². The summed E-state index contributed by atoms with van der Waals surface area (Å²) < 4.78 is 21.8. The minimum absolute atomic E-state index is 0. The summed E-state index contributed by atoms with van der Waals surface area (Å²) in [6.45, 7) is 4.09. The van der Waals surface area contributed by atoms with Crippen LogP contribution < -0.4 is 0 Å². The van der Waals surface area contributed by atoms with Gasteiger partial charge < -0.3 is 0 Å². The second-order valence-electron chi connectivity index (χ2n) is 3.16. The van der Waals surface area contributed by atoms with Gasteiger partial charge in [0.2, 0.25) is 0 Å². The number of hydrogen-bond donors (Lipinski definition) is 0. The maximum Gasteiger partial charge on any atom is 0.261 e. The van der Waals surface area contributed by atoms with Crippen LogP contribution in [0.5, 0.6) is 0 Å². The van der Waals surface area contributed by atoms with Crippen LogP contribution in [0.1, 0.15) is 25.3 Å². The summed E-state index contributed by atoms with van der Waals surface area (Å²) in [6, 6.07) is 6.61. The molecule has 0 unspecified atom stereocenters. The lowest BCUT2D eigenvalue weighted by Crippen LogP contribution is -1.92. The van der Waals surface area contributed by atoms with E-state index < -0.39 is 9.05 Å². The molecule has 0 atom stereocenters. The zero-order valence-electron chi connectivity index (χ0n) is 7.90. The van der Waals surface area contributed by atoms with Gasteiger partial charge in [0.25, 0.3) is 9.05 Å². The fourth-order valence-corrected chi connectivity index (χ4v) is 1.79. The molecule has 5 heteroatoms. The van der Waals surface area contributed by atoms with Crippen LogP contribution >= 0.6 is 23.1 Å². The molecule has 0 N–H and O–H groups in total. The molecule has 1 aromatic carbocycles. The van der Waals surface area contributed by atoms with Gasteiger partial charge in [-0.05, 0) is 23.6 Å². The summed E-state index contributed by atoms with van der Waals surface area (Å²) in [4.78, 5) is 0.151. The standard InChI is InChI=1S/C9H11ClO2S.ClH/c1-7(2)8-3-5-9(6-4-8)13(10,11)12;/h3-7H,1-2H3;1H. The first kappa shape index (κ1) is 13.8. The molecule has 14 heavy (non-hydrogen) atoms. The van der Waals surface area contributed by atoms with Crippen LogP contribution in [0.3, 0.4) is 0 Å². The van der Waals surface area contributed by atoms with Crippen molar-refractivity contribution in [3.63, 3.8) is 0 Å². The summed E-state index contributed by atoms with van der Waals surface area (Å²) in [6.07, 6.45) is 0. The van der Waals surface area contributed by atoms with Crippen LogP contribution in [0.4, 0.5) is 0 Å². The molecule has 1 rings (SSSR count). The molecule has 0 spiro atoms. The number of rotatable bonds is 2. The molecule has 80 valence electrons. The molecule has 0 radical (unpaired) electrons. The third-order valence-corrected chi connectivity index (χ3v) is 3.20. The lowest BCUT2D eigenvalue weighted by atomic mass is 10.0. The molecule has 0 saturated heterocycles. The Morgan fingerprint density at radius 1 is 1.14 bits per heavy atom. The van der Waals surface area contributed by atoms with E-state index in [9.17, 15) is 8.42 Å². The molecule has 0 aromatic heterocycles. The van der Waals surface area contributed by atoms with Crippen molar-refractivity contribution >= 4 is 32.1 Å². The van der Waals surface area contributed by atoms with Crippen molar-refractivity contribution in [2.24, 2.45) is 0 Å². The molecule has 0 aliphatic carbocycles.